The average Bonchev–Trinajstić information content (AvgIpc) is 2.25. The third-order valence-electron chi connectivity index (χ3n) is 2.24. The van der Waals surface area contributed by atoms with Gasteiger partial charge in [0.1, 0.15) is 5.82 Å². The van der Waals surface area contributed by atoms with Crippen molar-refractivity contribution in [2.24, 2.45) is 5.73 Å². The van der Waals surface area contributed by atoms with Crippen LogP contribution in [0.3, 0.4) is 0 Å². The SMILES string of the molecule is CCCN(CC(N)=S)C(=O)c1cc(F)cc(Br)c1. The molecule has 98 valence electrons. The molecule has 0 bridgehead atoms. The second-order valence-electron chi connectivity index (χ2n) is 3.85. The summed E-state index contributed by atoms with van der Waals surface area (Å²) in [6.07, 6.45) is 0.783. The summed E-state index contributed by atoms with van der Waals surface area (Å²) in [5.41, 5.74) is 5.74. The Morgan fingerprint density at radius 3 is 2.67 bits per heavy atom. The Kier molecular flexibility index (Phi) is 5.68. The molecular weight excluding hydrogens is 319 g/mol. The van der Waals surface area contributed by atoms with Crippen LogP contribution < -0.4 is 5.73 Å². The summed E-state index contributed by atoms with van der Waals surface area (Å²) < 4.78 is 13.8. The highest BCUT2D eigenvalue weighted by Gasteiger charge is 2.16. The highest BCUT2D eigenvalue weighted by molar-refractivity contribution is 9.10. The highest BCUT2D eigenvalue weighted by Crippen LogP contribution is 2.16. The van der Waals surface area contributed by atoms with Crippen molar-refractivity contribution >= 4 is 39.0 Å². The van der Waals surface area contributed by atoms with Crippen LogP contribution in [0, 0.1) is 5.82 Å². The average molecular weight is 333 g/mol. The van der Waals surface area contributed by atoms with Crippen molar-refractivity contribution in [2.75, 3.05) is 13.1 Å². The van der Waals surface area contributed by atoms with E-state index in [2.05, 4.69) is 15.9 Å². The third kappa shape index (κ3) is 4.34. The van der Waals surface area contributed by atoms with Crippen molar-refractivity contribution in [3.8, 4) is 0 Å². The van der Waals surface area contributed by atoms with Crippen LogP contribution >= 0.6 is 28.1 Å². The van der Waals surface area contributed by atoms with Gasteiger partial charge in [-0.05, 0) is 24.6 Å². The van der Waals surface area contributed by atoms with Crippen LogP contribution in [0.1, 0.15) is 23.7 Å². The molecule has 0 aromatic heterocycles. The summed E-state index contributed by atoms with van der Waals surface area (Å²) >= 11 is 7.97. The molecule has 0 heterocycles. The van der Waals surface area contributed by atoms with E-state index in [1.807, 2.05) is 6.92 Å². The molecule has 0 aliphatic carbocycles. The molecule has 0 unspecified atom stereocenters. The molecule has 1 aromatic carbocycles. The van der Waals surface area contributed by atoms with Gasteiger partial charge in [-0.15, -0.1) is 0 Å². The Labute approximate surface area is 119 Å². The maximum atomic E-state index is 13.2. The zero-order chi connectivity index (χ0) is 13.7. The van der Waals surface area contributed by atoms with Crippen LogP contribution in [0.4, 0.5) is 4.39 Å². The number of rotatable bonds is 5. The first-order valence-electron chi connectivity index (χ1n) is 5.47. The normalized spacial score (nSPS) is 10.2. The van der Waals surface area contributed by atoms with Crippen LogP contribution in [-0.2, 0) is 0 Å². The van der Waals surface area contributed by atoms with E-state index in [-0.39, 0.29) is 23.0 Å². The van der Waals surface area contributed by atoms with Crippen LogP contribution in [0.5, 0.6) is 0 Å². The Morgan fingerprint density at radius 1 is 1.50 bits per heavy atom. The quantitative estimate of drug-likeness (QED) is 0.843. The number of amides is 1. The van der Waals surface area contributed by atoms with Crippen molar-refractivity contribution in [3.05, 3.63) is 34.1 Å². The molecule has 1 aromatic rings. The molecule has 1 rings (SSSR count). The molecule has 2 N–H and O–H groups in total. The van der Waals surface area contributed by atoms with E-state index in [0.717, 1.165) is 6.42 Å². The van der Waals surface area contributed by atoms with Gasteiger partial charge in [-0.3, -0.25) is 4.79 Å². The van der Waals surface area contributed by atoms with Crippen molar-refractivity contribution in [1.29, 1.82) is 0 Å². The van der Waals surface area contributed by atoms with Gasteiger partial charge in [0.15, 0.2) is 0 Å². The van der Waals surface area contributed by atoms with Crippen LogP contribution in [0.2, 0.25) is 0 Å². The molecule has 6 heteroatoms. The lowest BCUT2D eigenvalue weighted by Crippen LogP contribution is -2.38. The molecule has 1 amide bonds. The summed E-state index contributed by atoms with van der Waals surface area (Å²) in [4.78, 5) is 14.0. The molecule has 18 heavy (non-hydrogen) atoms. The van der Waals surface area contributed by atoms with Gasteiger partial charge in [-0.2, -0.15) is 0 Å². The smallest absolute Gasteiger partial charge is 0.254 e. The van der Waals surface area contributed by atoms with E-state index in [1.54, 1.807) is 6.07 Å². The minimum Gasteiger partial charge on any atom is -0.392 e. The van der Waals surface area contributed by atoms with Gasteiger partial charge in [-0.1, -0.05) is 35.1 Å². The van der Waals surface area contributed by atoms with Gasteiger partial charge < -0.3 is 10.6 Å². The van der Waals surface area contributed by atoms with E-state index in [4.69, 9.17) is 18.0 Å². The fourth-order valence-corrected chi connectivity index (χ4v) is 2.19. The maximum absolute atomic E-state index is 13.2. The number of nitrogens with two attached hydrogens (primary N) is 1. The first-order chi connectivity index (χ1) is 8.43. The lowest BCUT2D eigenvalue weighted by molar-refractivity contribution is 0.0779. The minimum absolute atomic E-state index is 0.205. The number of hydrogen-bond acceptors (Lipinski definition) is 2. The molecule has 0 fully saturated rings. The molecule has 0 saturated carbocycles. The Balaban J connectivity index is 2.97. The number of carbonyl (C=O) groups excluding carboxylic acids is 1. The highest BCUT2D eigenvalue weighted by atomic mass is 79.9. The summed E-state index contributed by atoms with van der Waals surface area (Å²) in [5.74, 6) is -0.732. The summed E-state index contributed by atoms with van der Waals surface area (Å²) in [6, 6.07) is 4.08. The second kappa shape index (κ2) is 6.80. The van der Waals surface area contributed by atoms with E-state index >= 15 is 0 Å². The van der Waals surface area contributed by atoms with Crippen molar-refractivity contribution in [1.82, 2.24) is 4.90 Å². The Morgan fingerprint density at radius 2 is 2.17 bits per heavy atom. The number of carbonyl (C=O) groups is 1. The second-order valence-corrected chi connectivity index (χ2v) is 5.29. The van der Waals surface area contributed by atoms with Gasteiger partial charge in [0.05, 0.1) is 11.5 Å². The summed E-state index contributed by atoms with van der Waals surface area (Å²) in [5, 5.41) is 0. The number of nitrogens with zero attached hydrogens (tertiary/aromatic N) is 1. The zero-order valence-corrected chi connectivity index (χ0v) is 12.4. The molecular formula is C12H14BrFN2OS. The monoisotopic (exact) mass is 332 g/mol. The maximum Gasteiger partial charge on any atom is 0.254 e. The molecule has 0 radical (unpaired) electrons. The Bertz CT molecular complexity index is 447. The topological polar surface area (TPSA) is 46.3 Å². The van der Waals surface area contributed by atoms with Crippen molar-refractivity contribution in [2.45, 2.75) is 13.3 Å². The molecule has 0 saturated heterocycles. The lowest BCUT2D eigenvalue weighted by Gasteiger charge is -2.21. The first-order valence-corrected chi connectivity index (χ1v) is 6.67. The van der Waals surface area contributed by atoms with E-state index in [0.29, 0.717) is 11.0 Å². The van der Waals surface area contributed by atoms with Gasteiger partial charge in [0.2, 0.25) is 0 Å². The summed E-state index contributed by atoms with van der Waals surface area (Å²) in [7, 11) is 0. The minimum atomic E-state index is -0.459. The van der Waals surface area contributed by atoms with Gasteiger partial charge in [0, 0.05) is 16.6 Å². The van der Waals surface area contributed by atoms with Gasteiger partial charge in [-0.25, -0.2) is 4.39 Å². The van der Waals surface area contributed by atoms with Crippen molar-refractivity contribution in [3.63, 3.8) is 0 Å². The van der Waals surface area contributed by atoms with Crippen LogP contribution in [0.25, 0.3) is 0 Å². The fraction of sp³-hybridized carbons (Fsp3) is 0.333. The van der Waals surface area contributed by atoms with E-state index in [1.165, 1.54) is 17.0 Å². The molecule has 0 aliphatic heterocycles. The van der Waals surface area contributed by atoms with Crippen LogP contribution in [0.15, 0.2) is 22.7 Å². The Hall–Kier alpha value is -1.01. The third-order valence-corrected chi connectivity index (χ3v) is 2.82. The summed E-state index contributed by atoms with van der Waals surface area (Å²) in [6.45, 7) is 2.68. The van der Waals surface area contributed by atoms with Crippen LogP contribution in [-0.4, -0.2) is 28.9 Å². The number of halogens is 2. The van der Waals surface area contributed by atoms with E-state index in [9.17, 15) is 9.18 Å². The molecule has 0 aliphatic rings. The fourth-order valence-electron chi connectivity index (χ4n) is 1.57. The molecule has 0 spiro atoms. The standard InChI is InChI=1S/C12H14BrFN2OS/c1-2-3-16(7-11(15)18)12(17)8-4-9(13)6-10(14)5-8/h4-6H,2-3,7H2,1H3,(H2,15,18). The zero-order valence-electron chi connectivity index (χ0n) is 9.95. The van der Waals surface area contributed by atoms with Crippen molar-refractivity contribution < 1.29 is 9.18 Å². The van der Waals surface area contributed by atoms with Gasteiger partial charge in [0.25, 0.3) is 5.91 Å². The largest absolute Gasteiger partial charge is 0.392 e. The van der Waals surface area contributed by atoms with Gasteiger partial charge >= 0.3 is 0 Å². The lowest BCUT2D eigenvalue weighted by atomic mass is 10.2. The first kappa shape index (κ1) is 15.0. The predicted molar refractivity (Wildman–Crippen MR) is 77.1 cm³/mol. The number of thiocarbonyl (C=S) groups is 1. The molecule has 3 nitrogen and oxygen atoms in total. The molecule has 0 atom stereocenters. The number of benzene rings is 1. The predicted octanol–water partition coefficient (Wildman–Crippen LogP) is 2.73. The number of hydrogen-bond donors (Lipinski definition) is 1. The van der Waals surface area contributed by atoms with E-state index < -0.39 is 5.82 Å².